The van der Waals surface area contributed by atoms with Gasteiger partial charge in [-0.1, -0.05) is 111 Å². The smallest absolute Gasteiger partial charge is 0.0224 e. The number of rotatable bonds is 0. The zero-order valence-corrected chi connectivity index (χ0v) is 29.1. The monoisotopic (exact) mass is 648 g/mol. The molecule has 6 heterocycles. The van der Waals surface area contributed by atoms with Crippen LogP contribution < -0.4 is 31.9 Å². The quantitative estimate of drug-likeness (QED) is 0.166. The lowest BCUT2D eigenvalue weighted by Gasteiger charge is -2.34. The lowest BCUT2D eigenvalue weighted by molar-refractivity contribution is 0.280. The van der Waals surface area contributed by atoms with E-state index in [1.54, 1.807) is 0 Å². The molecular weight excluding hydrogens is 589 g/mol. The van der Waals surface area contributed by atoms with Gasteiger partial charge < -0.3 is 31.9 Å². The summed E-state index contributed by atoms with van der Waals surface area (Å²) in [5, 5.41) is 23.6. The fraction of sp³-hybridized carbons (Fsp3) is 0.571. The van der Waals surface area contributed by atoms with E-state index in [4.69, 9.17) is 0 Å². The molecule has 3 saturated carbocycles. The molecule has 3 aliphatic carbocycles. The fourth-order valence-corrected chi connectivity index (χ4v) is 8.68. The normalized spacial score (nSPS) is 29.8. The molecule has 6 nitrogen and oxygen atoms in total. The highest BCUT2D eigenvalue weighted by Gasteiger charge is 2.26. The zero-order valence-electron chi connectivity index (χ0n) is 29.1. The van der Waals surface area contributed by atoms with Crippen molar-refractivity contribution in [3.05, 3.63) is 106 Å². The maximum absolute atomic E-state index is 3.93. The Balaban J connectivity index is 1.03. The second kappa shape index (κ2) is 17.4. The average Bonchev–Trinajstić information content (AvgIpc) is 3.15. The van der Waals surface area contributed by atoms with Gasteiger partial charge in [-0.25, -0.2) is 0 Å². The van der Waals surface area contributed by atoms with Gasteiger partial charge in [0.15, 0.2) is 0 Å². The summed E-state index contributed by atoms with van der Waals surface area (Å²) in [7, 11) is 0. The highest BCUT2D eigenvalue weighted by Crippen LogP contribution is 2.23. The highest BCUT2D eigenvalue weighted by molar-refractivity contribution is 5.25. The molecule has 258 valence electrons. The standard InChI is InChI=1S/C42H60N6/c1-2-8-38-37(7-1)43-25-31-13-15-33(16-14-31)27-45-39-9-3-4-10-40(39)47-29-35-21-23-36(24-22-35)30-48-42-12-6-5-11-41(42)46-28-34-19-17-32(18-20-34)26-44-38/h13-24,37-48H,1-12,25-30H2/t37-,38-,39-,40-,41-,42-/m1/s1. The fourth-order valence-electron chi connectivity index (χ4n) is 8.68. The Morgan fingerprint density at radius 2 is 0.396 bits per heavy atom. The molecule has 6 heteroatoms. The van der Waals surface area contributed by atoms with Gasteiger partial charge >= 0.3 is 0 Å². The van der Waals surface area contributed by atoms with Gasteiger partial charge in [-0.3, -0.25) is 0 Å². The third-order valence-electron chi connectivity index (χ3n) is 11.8. The molecule has 0 unspecified atom stereocenters. The second-order valence-corrected chi connectivity index (χ2v) is 15.2. The molecule has 9 aliphatic rings. The Labute approximate surface area is 290 Å². The van der Waals surface area contributed by atoms with Crippen LogP contribution in [0.1, 0.15) is 110 Å². The van der Waals surface area contributed by atoms with Crippen LogP contribution in [0.15, 0.2) is 72.8 Å². The van der Waals surface area contributed by atoms with Gasteiger partial charge in [0.1, 0.15) is 0 Å². The van der Waals surface area contributed by atoms with E-state index >= 15 is 0 Å². The second-order valence-electron chi connectivity index (χ2n) is 15.2. The van der Waals surface area contributed by atoms with Crippen molar-refractivity contribution >= 4 is 0 Å². The Morgan fingerprint density at radius 1 is 0.250 bits per heavy atom. The number of benzene rings is 3. The molecule has 3 aromatic rings. The van der Waals surface area contributed by atoms with E-state index in [0.717, 1.165) is 39.3 Å². The molecule has 0 radical (unpaired) electrons. The molecule has 6 bridgehead atoms. The van der Waals surface area contributed by atoms with Gasteiger partial charge in [-0.05, 0) is 71.9 Å². The molecule has 0 spiro atoms. The van der Waals surface area contributed by atoms with Crippen molar-refractivity contribution in [3.8, 4) is 0 Å². The minimum absolute atomic E-state index is 0.523. The summed E-state index contributed by atoms with van der Waals surface area (Å²) in [6.45, 7) is 5.61. The Hall–Kier alpha value is -2.58. The topological polar surface area (TPSA) is 72.2 Å². The summed E-state index contributed by atoms with van der Waals surface area (Å²) in [5.74, 6) is 0. The van der Waals surface area contributed by atoms with Gasteiger partial charge in [0.25, 0.3) is 0 Å². The van der Waals surface area contributed by atoms with Gasteiger partial charge in [0.05, 0.1) is 0 Å². The van der Waals surface area contributed by atoms with Crippen LogP contribution in [0, 0.1) is 0 Å². The maximum Gasteiger partial charge on any atom is 0.0224 e. The van der Waals surface area contributed by atoms with Crippen molar-refractivity contribution in [2.45, 2.75) is 153 Å². The van der Waals surface area contributed by atoms with Gasteiger partial charge in [0.2, 0.25) is 0 Å². The molecule has 6 atom stereocenters. The van der Waals surface area contributed by atoms with Crippen molar-refractivity contribution in [1.82, 2.24) is 31.9 Å². The summed E-state index contributed by atoms with van der Waals surface area (Å²) in [4.78, 5) is 0. The first kappa shape index (κ1) is 33.9. The molecule has 0 aromatic heterocycles. The molecule has 48 heavy (non-hydrogen) atoms. The Kier molecular flexibility index (Phi) is 12.3. The minimum Gasteiger partial charge on any atom is -0.308 e. The van der Waals surface area contributed by atoms with E-state index in [0.29, 0.717) is 36.3 Å². The van der Waals surface area contributed by atoms with E-state index in [1.165, 1.54) is 110 Å². The SMILES string of the molecule is c1cc2ccc1CN[C@@H]1CCCC[C@H]1NCc1ccc(cc1)CN[C@@H]1CCCC[C@H]1NCc1ccc(cc1)CN[C@@H]1CCCC[C@H]1NC2. The third kappa shape index (κ3) is 9.56. The first-order valence-electron chi connectivity index (χ1n) is 19.4. The van der Waals surface area contributed by atoms with Crippen molar-refractivity contribution in [2.75, 3.05) is 0 Å². The molecular formula is C42H60N6. The van der Waals surface area contributed by atoms with Crippen LogP contribution in [0.25, 0.3) is 0 Å². The van der Waals surface area contributed by atoms with Gasteiger partial charge in [-0.2, -0.15) is 0 Å². The van der Waals surface area contributed by atoms with Crippen molar-refractivity contribution < 1.29 is 0 Å². The molecule has 3 fully saturated rings. The molecule has 0 amide bonds. The lowest BCUT2D eigenvalue weighted by atomic mass is 9.89. The summed E-state index contributed by atoms with van der Waals surface area (Å²) in [6.07, 6.45) is 15.5. The van der Waals surface area contributed by atoms with Crippen LogP contribution in [0.3, 0.4) is 0 Å². The minimum atomic E-state index is 0.523. The number of hydrogen-bond acceptors (Lipinski definition) is 6. The number of nitrogens with one attached hydrogen (secondary N) is 6. The molecule has 3 aromatic carbocycles. The van der Waals surface area contributed by atoms with Gasteiger partial charge in [-0.15, -0.1) is 0 Å². The molecule has 12 rings (SSSR count). The van der Waals surface area contributed by atoms with Crippen LogP contribution in [-0.4, -0.2) is 36.3 Å². The largest absolute Gasteiger partial charge is 0.308 e. The average molecular weight is 649 g/mol. The first-order chi connectivity index (χ1) is 23.7. The van der Waals surface area contributed by atoms with E-state index in [-0.39, 0.29) is 0 Å². The Bertz CT molecular complexity index is 1100. The van der Waals surface area contributed by atoms with Crippen LogP contribution in [0.4, 0.5) is 0 Å². The predicted molar refractivity (Wildman–Crippen MR) is 198 cm³/mol. The van der Waals surface area contributed by atoms with Crippen molar-refractivity contribution in [2.24, 2.45) is 0 Å². The maximum atomic E-state index is 3.93. The number of hydrogen-bond donors (Lipinski definition) is 6. The molecule has 6 N–H and O–H groups in total. The van der Waals surface area contributed by atoms with Crippen LogP contribution in [-0.2, 0) is 39.3 Å². The van der Waals surface area contributed by atoms with E-state index in [9.17, 15) is 0 Å². The van der Waals surface area contributed by atoms with Gasteiger partial charge in [0, 0.05) is 75.5 Å². The first-order valence-corrected chi connectivity index (χ1v) is 19.4. The summed E-state index contributed by atoms with van der Waals surface area (Å²) < 4.78 is 0. The van der Waals surface area contributed by atoms with Crippen LogP contribution in [0.5, 0.6) is 0 Å². The van der Waals surface area contributed by atoms with Crippen molar-refractivity contribution in [3.63, 3.8) is 0 Å². The summed E-state index contributed by atoms with van der Waals surface area (Å²) in [6, 6.07) is 31.1. The molecule has 6 aliphatic heterocycles. The predicted octanol–water partition coefficient (Wildman–Crippen LogP) is 6.57. The van der Waals surface area contributed by atoms with E-state index in [2.05, 4.69) is 105 Å². The highest BCUT2D eigenvalue weighted by atomic mass is 15.0. The van der Waals surface area contributed by atoms with Crippen molar-refractivity contribution in [1.29, 1.82) is 0 Å². The van der Waals surface area contributed by atoms with E-state index < -0.39 is 0 Å². The van der Waals surface area contributed by atoms with E-state index in [1.807, 2.05) is 0 Å². The Morgan fingerprint density at radius 3 is 0.542 bits per heavy atom. The molecule has 0 saturated heterocycles. The van der Waals surface area contributed by atoms with Crippen LogP contribution in [0.2, 0.25) is 0 Å². The van der Waals surface area contributed by atoms with Crippen LogP contribution >= 0.6 is 0 Å². The zero-order chi connectivity index (χ0) is 32.4. The third-order valence-corrected chi connectivity index (χ3v) is 11.8. The summed E-state index contributed by atoms with van der Waals surface area (Å²) in [5.41, 5.74) is 8.28. The summed E-state index contributed by atoms with van der Waals surface area (Å²) >= 11 is 0. The lowest BCUT2D eigenvalue weighted by Crippen LogP contribution is -2.49.